The maximum atomic E-state index is 12.8. The number of carbonyl (C=O) groups excluding carboxylic acids is 2. The van der Waals surface area contributed by atoms with E-state index in [2.05, 4.69) is 5.32 Å². The Morgan fingerprint density at radius 3 is 2.21 bits per heavy atom. The van der Waals surface area contributed by atoms with E-state index in [1.807, 2.05) is 16.7 Å². The van der Waals surface area contributed by atoms with Crippen molar-refractivity contribution >= 4 is 36.0 Å². The molecule has 7 nitrogen and oxygen atoms in total. The molecule has 0 saturated carbocycles. The number of hydrogen-bond donors (Lipinski definition) is 1. The Hall–Kier alpha value is -1.64. The number of halogens is 1. The molecule has 1 atom stereocenters. The van der Waals surface area contributed by atoms with Crippen LogP contribution in [0.3, 0.4) is 0 Å². The third kappa shape index (κ3) is 5.68. The van der Waals surface area contributed by atoms with E-state index in [0.29, 0.717) is 49.7 Å². The minimum absolute atomic E-state index is 0. The summed E-state index contributed by atoms with van der Waals surface area (Å²) in [4.78, 5) is 29.0. The average molecular weight is 430 g/mol. The Bertz CT molecular complexity index is 655. The molecule has 0 spiro atoms. The van der Waals surface area contributed by atoms with E-state index in [-0.39, 0.29) is 30.3 Å². The molecular formula is C19H28ClN3O4S. The molecule has 2 saturated heterocycles. The fraction of sp³-hybridized carbons (Fsp3) is 0.579. The molecule has 0 aromatic heterocycles. The summed E-state index contributed by atoms with van der Waals surface area (Å²) in [6.45, 7) is 3.19. The monoisotopic (exact) mass is 429 g/mol. The number of piperazine rings is 1. The van der Waals surface area contributed by atoms with Crippen molar-refractivity contribution in [1.82, 2.24) is 15.1 Å². The summed E-state index contributed by atoms with van der Waals surface area (Å²) in [5, 5.41) is 3.40. The zero-order chi connectivity index (χ0) is 19.2. The molecule has 2 amide bonds. The predicted octanol–water partition coefficient (Wildman–Crippen LogP) is 1.51. The maximum absolute atomic E-state index is 12.8. The molecule has 0 aliphatic carbocycles. The van der Waals surface area contributed by atoms with Crippen LogP contribution in [0.1, 0.15) is 16.8 Å². The fourth-order valence-electron chi connectivity index (χ4n) is 3.36. The number of methoxy groups -OCH3 is 2. The van der Waals surface area contributed by atoms with Gasteiger partial charge in [0.2, 0.25) is 5.91 Å². The van der Waals surface area contributed by atoms with Gasteiger partial charge in [-0.3, -0.25) is 9.59 Å². The van der Waals surface area contributed by atoms with Crippen molar-refractivity contribution in [3.8, 4) is 11.5 Å². The molecule has 3 rings (SSSR count). The molecule has 1 aromatic rings. The van der Waals surface area contributed by atoms with Gasteiger partial charge in [0.25, 0.3) is 5.91 Å². The number of nitrogens with zero attached hydrogens (tertiary/aromatic N) is 2. The Balaban J connectivity index is 0.00000280. The lowest BCUT2D eigenvalue weighted by atomic mass is 10.1. The summed E-state index contributed by atoms with van der Waals surface area (Å²) in [6, 6.07) is 5.44. The summed E-state index contributed by atoms with van der Waals surface area (Å²) in [5.74, 6) is 3.38. The van der Waals surface area contributed by atoms with E-state index in [1.165, 1.54) is 0 Å². The Morgan fingerprint density at radius 2 is 1.68 bits per heavy atom. The van der Waals surface area contributed by atoms with Gasteiger partial charge in [-0.15, -0.1) is 12.4 Å². The summed E-state index contributed by atoms with van der Waals surface area (Å²) in [7, 11) is 3.13. The molecule has 2 fully saturated rings. The van der Waals surface area contributed by atoms with E-state index >= 15 is 0 Å². The zero-order valence-electron chi connectivity index (χ0n) is 16.3. The second kappa shape index (κ2) is 10.8. The Kier molecular flexibility index (Phi) is 8.72. The standard InChI is InChI=1S/C19H27N3O4S.ClH/c1-25-16-9-14(10-17(12-16)26-2)19(24)22-6-4-21(5-7-22)18(23)11-15-13-27-8-3-20-15;/h9-10,12,15,20H,3-8,11,13H2,1-2H3;1H. The van der Waals surface area contributed by atoms with Crippen molar-refractivity contribution in [2.24, 2.45) is 0 Å². The van der Waals surface area contributed by atoms with Crippen LogP contribution in [-0.4, -0.2) is 86.1 Å². The highest BCUT2D eigenvalue weighted by atomic mass is 35.5. The first-order valence-corrected chi connectivity index (χ1v) is 10.4. The largest absolute Gasteiger partial charge is 0.497 e. The second-order valence-electron chi connectivity index (χ2n) is 6.70. The van der Waals surface area contributed by atoms with E-state index in [1.54, 1.807) is 37.3 Å². The Morgan fingerprint density at radius 1 is 1.07 bits per heavy atom. The molecule has 9 heteroatoms. The Labute approximate surface area is 176 Å². The second-order valence-corrected chi connectivity index (χ2v) is 7.85. The number of rotatable bonds is 5. The molecule has 0 bridgehead atoms. The highest BCUT2D eigenvalue weighted by Gasteiger charge is 2.27. The van der Waals surface area contributed by atoms with Crippen LogP contribution < -0.4 is 14.8 Å². The summed E-state index contributed by atoms with van der Waals surface area (Å²) < 4.78 is 10.5. The molecule has 1 aromatic carbocycles. The summed E-state index contributed by atoms with van der Waals surface area (Å²) in [6.07, 6.45) is 0.536. The van der Waals surface area contributed by atoms with Crippen LogP contribution in [-0.2, 0) is 4.79 Å². The van der Waals surface area contributed by atoms with Crippen molar-refractivity contribution in [2.75, 3.05) is 58.4 Å². The minimum atomic E-state index is -0.0651. The van der Waals surface area contributed by atoms with Gasteiger partial charge in [-0.1, -0.05) is 0 Å². The first-order valence-electron chi connectivity index (χ1n) is 9.22. The average Bonchev–Trinajstić information content (AvgIpc) is 2.73. The lowest BCUT2D eigenvalue weighted by molar-refractivity contribution is -0.133. The van der Waals surface area contributed by atoms with Crippen LogP contribution in [0.4, 0.5) is 0 Å². The van der Waals surface area contributed by atoms with Crippen LogP contribution >= 0.6 is 24.2 Å². The van der Waals surface area contributed by atoms with Crippen LogP contribution in [0.25, 0.3) is 0 Å². The molecule has 2 heterocycles. The van der Waals surface area contributed by atoms with Crippen molar-refractivity contribution < 1.29 is 19.1 Å². The molecular weight excluding hydrogens is 402 g/mol. The number of ether oxygens (including phenoxy) is 2. The van der Waals surface area contributed by atoms with Crippen LogP contribution in [0, 0.1) is 0 Å². The van der Waals surface area contributed by atoms with Gasteiger partial charge >= 0.3 is 0 Å². The first-order chi connectivity index (χ1) is 13.1. The van der Waals surface area contributed by atoms with Gasteiger partial charge in [0.05, 0.1) is 14.2 Å². The first kappa shape index (κ1) is 22.6. The number of carbonyl (C=O) groups is 2. The number of benzene rings is 1. The number of nitrogens with one attached hydrogen (secondary N) is 1. The quantitative estimate of drug-likeness (QED) is 0.765. The molecule has 156 valence electrons. The van der Waals surface area contributed by atoms with Gasteiger partial charge in [-0.05, 0) is 12.1 Å². The third-order valence-corrected chi connectivity index (χ3v) is 6.07. The minimum Gasteiger partial charge on any atom is -0.497 e. The van der Waals surface area contributed by atoms with E-state index < -0.39 is 0 Å². The number of amides is 2. The van der Waals surface area contributed by atoms with Crippen LogP contribution in [0.2, 0.25) is 0 Å². The summed E-state index contributed by atoms with van der Waals surface area (Å²) >= 11 is 1.89. The van der Waals surface area contributed by atoms with Crippen molar-refractivity contribution in [3.05, 3.63) is 23.8 Å². The predicted molar refractivity (Wildman–Crippen MR) is 113 cm³/mol. The lowest BCUT2D eigenvalue weighted by Crippen LogP contribution is -2.52. The topological polar surface area (TPSA) is 71.1 Å². The molecule has 28 heavy (non-hydrogen) atoms. The van der Waals surface area contributed by atoms with Gasteiger partial charge < -0.3 is 24.6 Å². The van der Waals surface area contributed by atoms with Crippen molar-refractivity contribution in [1.29, 1.82) is 0 Å². The van der Waals surface area contributed by atoms with Crippen molar-refractivity contribution in [2.45, 2.75) is 12.5 Å². The molecule has 2 aliphatic rings. The van der Waals surface area contributed by atoms with Crippen LogP contribution in [0.5, 0.6) is 11.5 Å². The van der Waals surface area contributed by atoms with Gasteiger partial charge in [0.1, 0.15) is 11.5 Å². The zero-order valence-corrected chi connectivity index (χ0v) is 17.9. The maximum Gasteiger partial charge on any atom is 0.254 e. The highest BCUT2D eigenvalue weighted by Crippen LogP contribution is 2.24. The highest BCUT2D eigenvalue weighted by molar-refractivity contribution is 7.99. The van der Waals surface area contributed by atoms with Crippen molar-refractivity contribution in [3.63, 3.8) is 0 Å². The van der Waals surface area contributed by atoms with E-state index in [4.69, 9.17) is 9.47 Å². The fourth-order valence-corrected chi connectivity index (χ4v) is 4.31. The lowest BCUT2D eigenvalue weighted by Gasteiger charge is -2.36. The molecule has 0 radical (unpaired) electrons. The third-order valence-electron chi connectivity index (χ3n) is 4.94. The molecule has 2 aliphatic heterocycles. The normalized spacial score (nSPS) is 19.6. The van der Waals surface area contributed by atoms with Gasteiger partial charge in [-0.2, -0.15) is 11.8 Å². The number of thioether (sulfide) groups is 1. The molecule has 1 unspecified atom stereocenters. The summed E-state index contributed by atoms with van der Waals surface area (Å²) in [5.41, 5.74) is 0.536. The van der Waals surface area contributed by atoms with E-state index in [9.17, 15) is 9.59 Å². The smallest absolute Gasteiger partial charge is 0.254 e. The SMILES string of the molecule is COc1cc(OC)cc(C(=O)N2CCN(C(=O)CC3CSCCN3)CC2)c1.Cl. The number of hydrogen-bond acceptors (Lipinski definition) is 6. The van der Waals surface area contributed by atoms with Gasteiger partial charge in [0.15, 0.2) is 0 Å². The van der Waals surface area contributed by atoms with Gasteiger partial charge in [0, 0.05) is 68.3 Å². The molecule has 1 N–H and O–H groups in total. The van der Waals surface area contributed by atoms with Crippen LogP contribution in [0.15, 0.2) is 18.2 Å². The van der Waals surface area contributed by atoms with E-state index in [0.717, 1.165) is 18.1 Å². The van der Waals surface area contributed by atoms with Gasteiger partial charge in [-0.25, -0.2) is 0 Å².